The monoisotopic (exact) mass is 269 g/mol. The zero-order valence-corrected chi connectivity index (χ0v) is 13.8. The zero-order valence-electron chi connectivity index (χ0n) is 13.8. The molecule has 3 nitrogen and oxygen atoms in total. The maximum Gasteiger partial charge on any atom is 0.0221 e. The van der Waals surface area contributed by atoms with Crippen molar-refractivity contribution < 1.29 is 0 Å². The first kappa shape index (κ1) is 16.9. The smallest absolute Gasteiger partial charge is 0.0221 e. The van der Waals surface area contributed by atoms with E-state index >= 15 is 0 Å². The van der Waals surface area contributed by atoms with E-state index in [0.717, 1.165) is 25.0 Å². The Bertz CT molecular complexity index is 220. The van der Waals surface area contributed by atoms with Crippen LogP contribution in [0.2, 0.25) is 0 Å². The van der Waals surface area contributed by atoms with Crippen LogP contribution in [0.3, 0.4) is 0 Å². The summed E-state index contributed by atoms with van der Waals surface area (Å²) in [5.74, 6) is 0.750. The third-order valence-electron chi connectivity index (χ3n) is 4.15. The minimum atomic E-state index is 0.700. The highest BCUT2D eigenvalue weighted by molar-refractivity contribution is 4.81. The van der Waals surface area contributed by atoms with Gasteiger partial charge in [-0.3, -0.25) is 9.80 Å². The fourth-order valence-electron chi connectivity index (χ4n) is 2.90. The van der Waals surface area contributed by atoms with Gasteiger partial charge in [-0.05, 0) is 32.7 Å². The lowest BCUT2D eigenvalue weighted by Gasteiger charge is -2.41. The van der Waals surface area contributed by atoms with Gasteiger partial charge in [0.1, 0.15) is 0 Å². The highest BCUT2D eigenvalue weighted by Gasteiger charge is 2.24. The van der Waals surface area contributed by atoms with Gasteiger partial charge in [0.25, 0.3) is 0 Å². The predicted octanol–water partition coefficient (Wildman–Crippen LogP) is 2.43. The molecule has 3 heteroatoms. The molecule has 114 valence electrons. The van der Waals surface area contributed by atoms with E-state index in [0.29, 0.717) is 6.04 Å². The lowest BCUT2D eigenvalue weighted by molar-refractivity contribution is 0.0741. The molecule has 1 atom stereocenters. The van der Waals surface area contributed by atoms with Gasteiger partial charge >= 0.3 is 0 Å². The Labute approximate surface area is 120 Å². The van der Waals surface area contributed by atoms with E-state index in [-0.39, 0.29) is 0 Å². The molecule has 0 aromatic carbocycles. The standard InChI is InChI=1S/C16H35N3/c1-6-7-16(13-17-12-14(2)3)19-10-8-18(9-11-19)15(4)5/h14-17H,6-13H2,1-5H3. The second-order valence-electron chi connectivity index (χ2n) is 6.66. The van der Waals surface area contributed by atoms with Crippen LogP contribution in [-0.4, -0.2) is 61.2 Å². The molecule has 0 aliphatic carbocycles. The van der Waals surface area contributed by atoms with E-state index in [4.69, 9.17) is 0 Å². The van der Waals surface area contributed by atoms with Gasteiger partial charge in [-0.1, -0.05) is 27.2 Å². The summed E-state index contributed by atoms with van der Waals surface area (Å²) in [6.07, 6.45) is 2.62. The summed E-state index contributed by atoms with van der Waals surface area (Å²) in [6.45, 7) is 18.8. The summed E-state index contributed by atoms with van der Waals surface area (Å²) in [7, 11) is 0. The molecule has 0 aromatic rings. The van der Waals surface area contributed by atoms with Crippen molar-refractivity contribution in [1.29, 1.82) is 0 Å². The maximum atomic E-state index is 3.65. The fourth-order valence-corrected chi connectivity index (χ4v) is 2.90. The van der Waals surface area contributed by atoms with Crippen LogP contribution in [0.1, 0.15) is 47.5 Å². The lowest BCUT2D eigenvalue weighted by Crippen LogP contribution is -2.54. The van der Waals surface area contributed by atoms with Crippen LogP contribution in [0.4, 0.5) is 0 Å². The molecule has 1 aliphatic rings. The van der Waals surface area contributed by atoms with Gasteiger partial charge in [0, 0.05) is 44.8 Å². The Kier molecular flexibility index (Phi) is 7.96. The van der Waals surface area contributed by atoms with Gasteiger partial charge in [-0.25, -0.2) is 0 Å². The Balaban J connectivity index is 2.35. The van der Waals surface area contributed by atoms with Crippen molar-refractivity contribution in [2.24, 2.45) is 5.92 Å². The molecule has 1 heterocycles. The quantitative estimate of drug-likeness (QED) is 0.730. The number of piperazine rings is 1. The van der Waals surface area contributed by atoms with Crippen LogP contribution in [-0.2, 0) is 0 Å². The first-order valence-corrected chi connectivity index (χ1v) is 8.23. The minimum Gasteiger partial charge on any atom is -0.315 e. The third-order valence-corrected chi connectivity index (χ3v) is 4.15. The minimum absolute atomic E-state index is 0.700. The molecule has 1 rings (SSSR count). The van der Waals surface area contributed by atoms with Crippen LogP contribution in [0, 0.1) is 5.92 Å². The van der Waals surface area contributed by atoms with Crippen LogP contribution < -0.4 is 5.32 Å². The number of hydrogen-bond donors (Lipinski definition) is 1. The maximum absolute atomic E-state index is 3.65. The summed E-state index contributed by atoms with van der Waals surface area (Å²) in [5.41, 5.74) is 0. The van der Waals surface area contributed by atoms with Crippen molar-refractivity contribution in [1.82, 2.24) is 15.1 Å². The average molecular weight is 269 g/mol. The Morgan fingerprint density at radius 1 is 0.895 bits per heavy atom. The van der Waals surface area contributed by atoms with E-state index in [1.165, 1.54) is 39.0 Å². The Hall–Kier alpha value is -0.120. The van der Waals surface area contributed by atoms with Crippen molar-refractivity contribution in [3.8, 4) is 0 Å². The predicted molar refractivity (Wildman–Crippen MR) is 84.7 cm³/mol. The zero-order chi connectivity index (χ0) is 14.3. The molecule has 0 amide bonds. The topological polar surface area (TPSA) is 18.5 Å². The van der Waals surface area contributed by atoms with E-state index < -0.39 is 0 Å². The summed E-state index contributed by atoms with van der Waals surface area (Å²) in [5, 5.41) is 3.65. The van der Waals surface area contributed by atoms with Gasteiger partial charge < -0.3 is 5.32 Å². The second kappa shape index (κ2) is 8.93. The number of nitrogens with zero attached hydrogens (tertiary/aromatic N) is 2. The first-order valence-electron chi connectivity index (χ1n) is 8.23. The van der Waals surface area contributed by atoms with Gasteiger partial charge in [-0.2, -0.15) is 0 Å². The summed E-state index contributed by atoms with van der Waals surface area (Å²) >= 11 is 0. The highest BCUT2D eigenvalue weighted by atomic mass is 15.3. The second-order valence-corrected chi connectivity index (χ2v) is 6.66. The normalized spacial score (nSPS) is 20.4. The van der Waals surface area contributed by atoms with Gasteiger partial charge in [0.2, 0.25) is 0 Å². The molecule has 1 fully saturated rings. The molecule has 1 saturated heterocycles. The van der Waals surface area contributed by atoms with Crippen molar-refractivity contribution in [3.63, 3.8) is 0 Å². The Morgan fingerprint density at radius 3 is 1.95 bits per heavy atom. The lowest BCUT2D eigenvalue weighted by atomic mass is 10.1. The summed E-state index contributed by atoms with van der Waals surface area (Å²) in [4.78, 5) is 5.30. The summed E-state index contributed by atoms with van der Waals surface area (Å²) in [6, 6.07) is 1.43. The van der Waals surface area contributed by atoms with E-state index in [9.17, 15) is 0 Å². The molecular formula is C16H35N3. The number of hydrogen-bond acceptors (Lipinski definition) is 3. The highest BCUT2D eigenvalue weighted by Crippen LogP contribution is 2.12. The van der Waals surface area contributed by atoms with Crippen LogP contribution in [0.5, 0.6) is 0 Å². The molecule has 1 N–H and O–H groups in total. The molecule has 0 radical (unpaired) electrons. The third kappa shape index (κ3) is 6.24. The van der Waals surface area contributed by atoms with Gasteiger partial charge in [-0.15, -0.1) is 0 Å². The first-order chi connectivity index (χ1) is 9.04. The molecule has 1 aliphatic heterocycles. The largest absolute Gasteiger partial charge is 0.315 e. The van der Waals surface area contributed by atoms with Crippen molar-refractivity contribution in [2.75, 3.05) is 39.3 Å². The molecule has 0 spiro atoms. The van der Waals surface area contributed by atoms with E-state index in [1.54, 1.807) is 0 Å². The van der Waals surface area contributed by atoms with Gasteiger partial charge in [0.05, 0.1) is 0 Å². The SMILES string of the molecule is CCCC(CNCC(C)C)N1CCN(C(C)C)CC1. The fraction of sp³-hybridized carbons (Fsp3) is 1.00. The molecule has 0 aromatic heterocycles. The molecule has 0 saturated carbocycles. The number of nitrogens with one attached hydrogen (secondary N) is 1. The van der Waals surface area contributed by atoms with Crippen molar-refractivity contribution in [2.45, 2.75) is 59.5 Å². The van der Waals surface area contributed by atoms with Crippen molar-refractivity contribution in [3.05, 3.63) is 0 Å². The molecule has 0 bridgehead atoms. The molecular weight excluding hydrogens is 234 g/mol. The van der Waals surface area contributed by atoms with Crippen molar-refractivity contribution >= 4 is 0 Å². The van der Waals surface area contributed by atoms with Crippen LogP contribution in [0.15, 0.2) is 0 Å². The van der Waals surface area contributed by atoms with Crippen LogP contribution >= 0.6 is 0 Å². The van der Waals surface area contributed by atoms with E-state index in [2.05, 4.69) is 49.7 Å². The van der Waals surface area contributed by atoms with Crippen LogP contribution in [0.25, 0.3) is 0 Å². The number of rotatable bonds is 8. The van der Waals surface area contributed by atoms with Gasteiger partial charge in [0.15, 0.2) is 0 Å². The van der Waals surface area contributed by atoms with E-state index in [1.807, 2.05) is 0 Å². The summed E-state index contributed by atoms with van der Waals surface area (Å²) < 4.78 is 0. The Morgan fingerprint density at radius 2 is 1.47 bits per heavy atom. The average Bonchev–Trinajstić information content (AvgIpc) is 2.37. The molecule has 19 heavy (non-hydrogen) atoms. The molecule has 1 unspecified atom stereocenters.